The van der Waals surface area contributed by atoms with Crippen LogP contribution in [0, 0.1) is 0 Å². The molecule has 0 amide bonds. The smallest absolute Gasteiger partial charge is 0.243 e. The van der Waals surface area contributed by atoms with Crippen LogP contribution in [-0.2, 0) is 29.5 Å². The predicted molar refractivity (Wildman–Crippen MR) is 133 cm³/mol. The van der Waals surface area contributed by atoms with Crippen molar-refractivity contribution >= 4 is 25.8 Å². The standard InChI is InChI=1S/C25H30N2O7S2/c1-15-11-26(12-16(2)33-15)35(29,30)19-5-7-21-22-8-6-20(10-24(22)25(28)23(21)9-19)36(31,32)27-13-17(3)34-18(4)14-27/h5-10,15-18H,11-14H2,1-4H3/t15-,16-,17-,18+/m0/s1. The Morgan fingerprint density at radius 3 is 1.28 bits per heavy atom. The first-order valence-electron chi connectivity index (χ1n) is 12.0. The van der Waals surface area contributed by atoms with Crippen LogP contribution in [0.1, 0.15) is 43.6 Å². The van der Waals surface area contributed by atoms with E-state index in [1.807, 2.05) is 27.7 Å². The van der Waals surface area contributed by atoms with E-state index in [1.54, 1.807) is 12.1 Å². The van der Waals surface area contributed by atoms with Gasteiger partial charge in [-0.2, -0.15) is 8.61 Å². The molecule has 194 valence electrons. The Morgan fingerprint density at radius 1 is 0.611 bits per heavy atom. The molecule has 9 nitrogen and oxygen atoms in total. The van der Waals surface area contributed by atoms with Gasteiger partial charge in [-0.15, -0.1) is 0 Å². The van der Waals surface area contributed by atoms with Gasteiger partial charge in [0.1, 0.15) is 0 Å². The Labute approximate surface area is 212 Å². The molecule has 0 N–H and O–H groups in total. The zero-order valence-corrected chi connectivity index (χ0v) is 22.3. The second kappa shape index (κ2) is 9.00. The first kappa shape index (κ1) is 25.5. The summed E-state index contributed by atoms with van der Waals surface area (Å²) in [6, 6.07) is 9.05. The second-order valence-corrected chi connectivity index (χ2v) is 13.8. The molecule has 2 aromatic carbocycles. The molecule has 0 saturated carbocycles. The molecule has 2 saturated heterocycles. The molecule has 3 aliphatic rings. The minimum Gasteiger partial charge on any atom is -0.373 e. The maximum Gasteiger partial charge on any atom is 0.243 e. The summed E-state index contributed by atoms with van der Waals surface area (Å²) in [7, 11) is -7.66. The Bertz CT molecular complexity index is 1310. The number of ketones is 1. The quantitative estimate of drug-likeness (QED) is 0.506. The van der Waals surface area contributed by atoms with Crippen LogP contribution in [0.3, 0.4) is 0 Å². The molecule has 1 aliphatic carbocycles. The van der Waals surface area contributed by atoms with Gasteiger partial charge in [-0.05, 0) is 63.1 Å². The van der Waals surface area contributed by atoms with Crippen molar-refractivity contribution in [2.24, 2.45) is 0 Å². The molecule has 2 aromatic rings. The number of morpholine rings is 2. The number of fused-ring (bicyclic) bond motifs is 3. The second-order valence-electron chi connectivity index (χ2n) is 9.90. The van der Waals surface area contributed by atoms with Crippen LogP contribution in [-0.4, -0.2) is 81.8 Å². The maximum absolute atomic E-state index is 13.4. The molecule has 0 radical (unpaired) electrons. The maximum atomic E-state index is 13.4. The molecule has 0 bridgehead atoms. The summed E-state index contributed by atoms with van der Waals surface area (Å²) in [5, 5.41) is 0. The van der Waals surface area contributed by atoms with E-state index < -0.39 is 20.0 Å². The van der Waals surface area contributed by atoms with Crippen LogP contribution >= 0.6 is 0 Å². The fourth-order valence-corrected chi connectivity index (χ4v) is 8.54. The third-order valence-electron chi connectivity index (χ3n) is 6.81. The van der Waals surface area contributed by atoms with E-state index in [0.717, 1.165) is 0 Å². The topological polar surface area (TPSA) is 110 Å². The number of nitrogens with zero attached hydrogens (tertiary/aromatic N) is 2. The van der Waals surface area contributed by atoms with Crippen molar-refractivity contribution in [1.82, 2.24) is 8.61 Å². The highest BCUT2D eigenvalue weighted by Crippen LogP contribution is 2.39. The fourth-order valence-electron chi connectivity index (χ4n) is 5.31. The largest absolute Gasteiger partial charge is 0.373 e. The lowest BCUT2D eigenvalue weighted by molar-refractivity contribution is -0.0442. The van der Waals surface area contributed by atoms with Crippen molar-refractivity contribution in [2.45, 2.75) is 61.9 Å². The van der Waals surface area contributed by atoms with Gasteiger partial charge in [0.05, 0.1) is 34.2 Å². The van der Waals surface area contributed by atoms with Gasteiger partial charge in [-0.3, -0.25) is 4.79 Å². The third-order valence-corrected chi connectivity index (χ3v) is 10.5. The highest BCUT2D eigenvalue weighted by Gasteiger charge is 2.37. The molecule has 2 heterocycles. The Hall–Kier alpha value is -2.15. The highest BCUT2D eigenvalue weighted by molar-refractivity contribution is 7.89. The van der Waals surface area contributed by atoms with E-state index in [2.05, 4.69) is 0 Å². The molecule has 2 fully saturated rings. The van der Waals surface area contributed by atoms with Gasteiger partial charge >= 0.3 is 0 Å². The van der Waals surface area contributed by atoms with Gasteiger partial charge in [0, 0.05) is 37.3 Å². The van der Waals surface area contributed by atoms with E-state index >= 15 is 0 Å². The summed E-state index contributed by atoms with van der Waals surface area (Å²) in [6.07, 6.45) is -0.938. The summed E-state index contributed by atoms with van der Waals surface area (Å²) in [5.74, 6) is -0.387. The fraction of sp³-hybridized carbons (Fsp3) is 0.480. The molecular weight excluding hydrogens is 504 g/mol. The van der Waals surface area contributed by atoms with Gasteiger partial charge in [-0.25, -0.2) is 16.8 Å². The number of benzene rings is 2. The lowest BCUT2D eigenvalue weighted by Gasteiger charge is -2.34. The van der Waals surface area contributed by atoms with Gasteiger partial charge < -0.3 is 9.47 Å². The van der Waals surface area contributed by atoms with Crippen LogP contribution in [0.2, 0.25) is 0 Å². The number of carbonyl (C=O) groups excluding carboxylic acids is 1. The van der Waals surface area contributed by atoms with E-state index in [-0.39, 0.29) is 77.3 Å². The van der Waals surface area contributed by atoms with Crippen molar-refractivity contribution < 1.29 is 31.1 Å². The minimum atomic E-state index is -3.83. The number of rotatable bonds is 4. The Morgan fingerprint density at radius 2 is 0.944 bits per heavy atom. The lowest BCUT2D eigenvalue weighted by atomic mass is 10.1. The molecule has 2 aliphatic heterocycles. The molecule has 0 spiro atoms. The van der Waals surface area contributed by atoms with Crippen LogP contribution < -0.4 is 0 Å². The monoisotopic (exact) mass is 534 g/mol. The molecule has 0 aromatic heterocycles. The number of sulfonamides is 2. The average molecular weight is 535 g/mol. The minimum absolute atomic E-state index is 0.0350. The molecule has 5 rings (SSSR count). The molecule has 11 heteroatoms. The van der Waals surface area contributed by atoms with Gasteiger partial charge in [0.25, 0.3) is 0 Å². The molecule has 4 atom stereocenters. The van der Waals surface area contributed by atoms with Crippen LogP contribution in [0.25, 0.3) is 11.1 Å². The summed E-state index contributed by atoms with van der Waals surface area (Å²) in [4.78, 5) is 13.4. The first-order chi connectivity index (χ1) is 16.9. The molecule has 36 heavy (non-hydrogen) atoms. The van der Waals surface area contributed by atoms with E-state index in [0.29, 0.717) is 11.1 Å². The summed E-state index contributed by atoms with van der Waals surface area (Å²) >= 11 is 0. The molecular formula is C25H30N2O7S2. The SMILES string of the molecule is C[C@@H]1CN(S(=O)(=O)c2ccc3c(c2)C(=O)c2cc(S(=O)(=O)N4C[C@H](C)O[C@@H](C)C4)ccc2-3)C[C@H](C)O1. The van der Waals surface area contributed by atoms with E-state index in [4.69, 9.17) is 9.47 Å². The number of hydrogen-bond donors (Lipinski definition) is 0. The summed E-state index contributed by atoms with van der Waals surface area (Å²) < 4.78 is 67.4. The predicted octanol–water partition coefficient (Wildman–Crippen LogP) is 2.49. The van der Waals surface area contributed by atoms with Crippen molar-refractivity contribution in [2.75, 3.05) is 26.2 Å². The summed E-state index contributed by atoms with van der Waals surface area (Å²) in [5.41, 5.74) is 1.69. The highest BCUT2D eigenvalue weighted by atomic mass is 32.2. The Kier molecular flexibility index (Phi) is 6.37. The van der Waals surface area contributed by atoms with Crippen molar-refractivity contribution in [3.05, 3.63) is 47.5 Å². The lowest BCUT2D eigenvalue weighted by Crippen LogP contribution is -2.48. The van der Waals surface area contributed by atoms with Crippen LogP contribution in [0.4, 0.5) is 0 Å². The van der Waals surface area contributed by atoms with Gasteiger partial charge in [0.15, 0.2) is 5.78 Å². The number of ether oxygens (including phenoxy) is 2. The third kappa shape index (κ3) is 4.31. The zero-order chi connectivity index (χ0) is 26.0. The van der Waals surface area contributed by atoms with Gasteiger partial charge in [-0.1, -0.05) is 12.1 Å². The zero-order valence-electron chi connectivity index (χ0n) is 20.7. The number of carbonyl (C=O) groups is 1. The van der Waals surface area contributed by atoms with Crippen molar-refractivity contribution in [3.63, 3.8) is 0 Å². The molecule has 0 unspecified atom stereocenters. The van der Waals surface area contributed by atoms with Crippen LogP contribution in [0.5, 0.6) is 0 Å². The summed E-state index contributed by atoms with van der Waals surface area (Å²) in [6.45, 7) is 8.23. The van der Waals surface area contributed by atoms with Crippen LogP contribution in [0.15, 0.2) is 46.2 Å². The number of hydrogen-bond acceptors (Lipinski definition) is 7. The first-order valence-corrected chi connectivity index (χ1v) is 14.9. The average Bonchev–Trinajstić information content (AvgIpc) is 3.09. The van der Waals surface area contributed by atoms with E-state index in [1.165, 1.54) is 32.9 Å². The van der Waals surface area contributed by atoms with E-state index in [9.17, 15) is 21.6 Å². The normalized spacial score (nSPS) is 27.6. The Balaban J connectivity index is 1.47. The van der Waals surface area contributed by atoms with Gasteiger partial charge in [0.2, 0.25) is 20.0 Å². The van der Waals surface area contributed by atoms with Crippen molar-refractivity contribution in [3.8, 4) is 11.1 Å². The van der Waals surface area contributed by atoms with Crippen molar-refractivity contribution in [1.29, 1.82) is 0 Å².